The molecule has 4 heteroatoms. The van der Waals surface area contributed by atoms with Gasteiger partial charge in [-0.05, 0) is 19.9 Å². The van der Waals surface area contributed by atoms with Gasteiger partial charge in [0.25, 0.3) is 0 Å². The molecule has 0 atom stereocenters. The van der Waals surface area contributed by atoms with Crippen LogP contribution in [0.15, 0.2) is 12.3 Å². The lowest BCUT2D eigenvalue weighted by Gasteiger charge is -2.18. The van der Waals surface area contributed by atoms with Crippen molar-refractivity contribution in [1.82, 2.24) is 9.97 Å². The summed E-state index contributed by atoms with van der Waals surface area (Å²) in [5.41, 5.74) is 0. The summed E-state index contributed by atoms with van der Waals surface area (Å²) < 4.78 is 0.729. The summed E-state index contributed by atoms with van der Waals surface area (Å²) in [6.45, 7) is 6.07. The molecule has 0 spiro atoms. The average molecular weight is 183 g/mol. The maximum absolute atomic E-state index is 4.99. The first-order chi connectivity index (χ1) is 5.77. The van der Waals surface area contributed by atoms with Crippen LogP contribution < -0.4 is 4.90 Å². The molecule has 0 bridgehead atoms. The van der Waals surface area contributed by atoms with Gasteiger partial charge in [-0.15, -0.1) is 0 Å². The molecule has 0 radical (unpaired) electrons. The van der Waals surface area contributed by atoms with E-state index in [-0.39, 0.29) is 0 Å². The topological polar surface area (TPSA) is 31.9 Å². The average Bonchev–Trinajstić information content (AvgIpc) is 2.07. The molecule has 0 saturated carbocycles. The molecule has 1 aromatic heterocycles. The third-order valence-corrected chi connectivity index (χ3v) is 1.96. The molecular formula is C8H13N3S. The van der Waals surface area contributed by atoms with Gasteiger partial charge in [0, 0.05) is 19.3 Å². The van der Waals surface area contributed by atoms with Crippen molar-refractivity contribution in [2.24, 2.45) is 0 Å². The van der Waals surface area contributed by atoms with Crippen LogP contribution >= 0.6 is 12.2 Å². The van der Waals surface area contributed by atoms with Gasteiger partial charge in [0.1, 0.15) is 4.64 Å². The van der Waals surface area contributed by atoms with Crippen LogP contribution in [0, 0.1) is 4.64 Å². The summed E-state index contributed by atoms with van der Waals surface area (Å²) in [5.74, 6) is 0.854. The lowest BCUT2D eigenvalue weighted by molar-refractivity contribution is 0.819. The van der Waals surface area contributed by atoms with Gasteiger partial charge in [-0.3, -0.25) is 0 Å². The molecule has 66 valence electrons. The number of hydrogen-bond donors (Lipinski definition) is 1. The first-order valence-electron chi connectivity index (χ1n) is 4.08. The molecule has 0 aliphatic rings. The molecule has 3 nitrogen and oxygen atoms in total. The Balaban J connectivity index is 2.93. The van der Waals surface area contributed by atoms with E-state index in [0.29, 0.717) is 0 Å². The fourth-order valence-electron chi connectivity index (χ4n) is 1.04. The van der Waals surface area contributed by atoms with Crippen LogP contribution in [0.4, 0.5) is 5.95 Å². The second-order valence-corrected chi connectivity index (χ2v) is 2.87. The van der Waals surface area contributed by atoms with E-state index >= 15 is 0 Å². The Hall–Kier alpha value is -0.900. The number of nitrogens with zero attached hydrogens (tertiary/aromatic N) is 2. The number of H-pyrrole nitrogens is 1. The molecule has 1 aromatic rings. The third-order valence-electron chi connectivity index (χ3n) is 1.72. The fourth-order valence-corrected chi connectivity index (χ4v) is 1.20. The fraction of sp³-hybridized carbons (Fsp3) is 0.500. The molecule has 12 heavy (non-hydrogen) atoms. The molecule has 0 fully saturated rings. The Kier molecular flexibility index (Phi) is 3.22. The van der Waals surface area contributed by atoms with Crippen LogP contribution in [-0.4, -0.2) is 23.1 Å². The number of aromatic nitrogens is 2. The Morgan fingerprint density at radius 3 is 2.67 bits per heavy atom. The van der Waals surface area contributed by atoms with Crippen LogP contribution in [-0.2, 0) is 0 Å². The molecule has 0 unspecified atom stereocenters. The minimum absolute atomic E-state index is 0.729. The van der Waals surface area contributed by atoms with Crippen molar-refractivity contribution < 1.29 is 0 Å². The van der Waals surface area contributed by atoms with Gasteiger partial charge < -0.3 is 9.88 Å². The Morgan fingerprint density at radius 2 is 2.17 bits per heavy atom. The summed E-state index contributed by atoms with van der Waals surface area (Å²) in [6.07, 6.45) is 1.73. The summed E-state index contributed by atoms with van der Waals surface area (Å²) >= 11 is 4.99. The third kappa shape index (κ3) is 2.04. The number of aromatic amines is 1. The molecular weight excluding hydrogens is 170 g/mol. The second kappa shape index (κ2) is 4.21. The van der Waals surface area contributed by atoms with Crippen molar-refractivity contribution >= 4 is 18.2 Å². The molecule has 1 heterocycles. The van der Waals surface area contributed by atoms with E-state index in [0.717, 1.165) is 23.7 Å². The molecule has 0 saturated heterocycles. The second-order valence-electron chi connectivity index (χ2n) is 2.43. The van der Waals surface area contributed by atoms with E-state index < -0.39 is 0 Å². The smallest absolute Gasteiger partial charge is 0.203 e. The first-order valence-corrected chi connectivity index (χ1v) is 4.49. The molecule has 1 rings (SSSR count). The van der Waals surface area contributed by atoms with Crippen molar-refractivity contribution in [3.8, 4) is 0 Å². The van der Waals surface area contributed by atoms with Crippen molar-refractivity contribution in [3.05, 3.63) is 16.9 Å². The van der Waals surface area contributed by atoms with Crippen molar-refractivity contribution in [2.45, 2.75) is 13.8 Å². The highest BCUT2D eigenvalue weighted by molar-refractivity contribution is 7.71. The SMILES string of the molecule is CCN(CC)c1nccc(=S)[nH]1. The summed E-state index contributed by atoms with van der Waals surface area (Å²) in [4.78, 5) is 9.34. The zero-order chi connectivity index (χ0) is 8.97. The lowest BCUT2D eigenvalue weighted by Crippen LogP contribution is -2.23. The van der Waals surface area contributed by atoms with E-state index in [1.54, 1.807) is 12.3 Å². The highest BCUT2D eigenvalue weighted by Gasteiger charge is 2.00. The monoisotopic (exact) mass is 183 g/mol. The number of rotatable bonds is 3. The van der Waals surface area contributed by atoms with Gasteiger partial charge in [-0.2, -0.15) is 0 Å². The van der Waals surface area contributed by atoms with Crippen LogP contribution in [0.3, 0.4) is 0 Å². The molecule has 0 amide bonds. The maximum Gasteiger partial charge on any atom is 0.203 e. The number of nitrogens with one attached hydrogen (secondary N) is 1. The zero-order valence-corrected chi connectivity index (χ0v) is 8.19. The minimum atomic E-state index is 0.729. The predicted octanol–water partition coefficient (Wildman–Crippen LogP) is 1.99. The van der Waals surface area contributed by atoms with Gasteiger partial charge in [-0.1, -0.05) is 12.2 Å². The predicted molar refractivity (Wildman–Crippen MR) is 53.0 cm³/mol. The quantitative estimate of drug-likeness (QED) is 0.727. The van der Waals surface area contributed by atoms with Gasteiger partial charge in [0.15, 0.2) is 0 Å². The van der Waals surface area contributed by atoms with Crippen molar-refractivity contribution in [1.29, 1.82) is 0 Å². The standard InChI is InChI=1S/C8H13N3S/c1-3-11(4-2)8-9-6-5-7(12)10-8/h5-6H,3-4H2,1-2H3,(H,9,10,12). The zero-order valence-electron chi connectivity index (χ0n) is 7.37. The lowest BCUT2D eigenvalue weighted by atomic mass is 10.5. The Morgan fingerprint density at radius 1 is 1.50 bits per heavy atom. The summed E-state index contributed by atoms with van der Waals surface area (Å²) in [5, 5.41) is 0. The number of anilines is 1. The van der Waals surface area contributed by atoms with E-state index in [9.17, 15) is 0 Å². The highest BCUT2D eigenvalue weighted by atomic mass is 32.1. The van der Waals surface area contributed by atoms with Crippen LogP contribution in [0.25, 0.3) is 0 Å². The summed E-state index contributed by atoms with van der Waals surface area (Å²) in [6, 6.07) is 1.78. The normalized spacial score (nSPS) is 9.83. The largest absolute Gasteiger partial charge is 0.343 e. The van der Waals surface area contributed by atoms with Crippen molar-refractivity contribution in [3.63, 3.8) is 0 Å². The van der Waals surface area contributed by atoms with Crippen molar-refractivity contribution in [2.75, 3.05) is 18.0 Å². The van der Waals surface area contributed by atoms with E-state index in [2.05, 4.69) is 28.7 Å². The molecule has 0 aliphatic heterocycles. The van der Waals surface area contributed by atoms with E-state index in [4.69, 9.17) is 12.2 Å². The van der Waals surface area contributed by atoms with E-state index in [1.807, 2.05) is 0 Å². The molecule has 0 aliphatic carbocycles. The van der Waals surface area contributed by atoms with Gasteiger partial charge in [-0.25, -0.2) is 4.98 Å². The van der Waals surface area contributed by atoms with E-state index in [1.165, 1.54) is 0 Å². The molecule has 0 aromatic carbocycles. The summed E-state index contributed by atoms with van der Waals surface area (Å²) in [7, 11) is 0. The highest BCUT2D eigenvalue weighted by Crippen LogP contribution is 2.03. The van der Waals surface area contributed by atoms with Crippen LogP contribution in [0.5, 0.6) is 0 Å². The Labute approximate surface area is 77.4 Å². The number of hydrogen-bond acceptors (Lipinski definition) is 3. The van der Waals surface area contributed by atoms with Gasteiger partial charge in [0.2, 0.25) is 5.95 Å². The van der Waals surface area contributed by atoms with Gasteiger partial charge in [0.05, 0.1) is 0 Å². The van der Waals surface area contributed by atoms with Crippen LogP contribution in [0.1, 0.15) is 13.8 Å². The Bertz CT molecular complexity index is 290. The minimum Gasteiger partial charge on any atom is -0.343 e. The van der Waals surface area contributed by atoms with Gasteiger partial charge >= 0.3 is 0 Å². The van der Waals surface area contributed by atoms with Crippen LogP contribution in [0.2, 0.25) is 0 Å². The molecule has 1 N–H and O–H groups in total. The maximum atomic E-state index is 4.99. The first kappa shape index (κ1) is 9.19.